The predicted molar refractivity (Wildman–Crippen MR) is 186 cm³/mol. The molecule has 2 heterocycles. The summed E-state index contributed by atoms with van der Waals surface area (Å²) in [4.78, 5) is 71.9. The number of fused-ring (bicyclic) bond motifs is 1. The first kappa shape index (κ1) is 42.3. The van der Waals surface area contributed by atoms with Gasteiger partial charge < -0.3 is 52.1 Å². The smallest absolute Gasteiger partial charge is 0.308 e. The third-order valence-corrected chi connectivity index (χ3v) is 8.45. The standard InChI is InChI=1S/C38H46O17/c1-19(39)47-13-9-10-25-14-27-28(33(55-34(27)31(15-25)46-8)26-11-12-29(50-21(3)41)30(16-26)45-7)17-49-38-37(53-24(6)44)36(52-23(5)43)35(51-22(4)42)32(54-38)18-48-20(2)40/h11-12,14-16,28,32-33,35-38H,9-10,13,17-18H2,1-8H3/t28-,32-,33+,35-,36+,37-,38-/m1/s1. The van der Waals surface area contributed by atoms with Crippen LogP contribution in [0.5, 0.6) is 23.0 Å². The molecule has 7 atom stereocenters. The molecule has 17 nitrogen and oxygen atoms in total. The van der Waals surface area contributed by atoms with Crippen molar-refractivity contribution in [2.75, 3.05) is 34.0 Å². The third kappa shape index (κ3) is 11.3. The molecule has 2 aromatic rings. The maximum Gasteiger partial charge on any atom is 0.308 e. The Morgan fingerprint density at radius 1 is 0.655 bits per heavy atom. The van der Waals surface area contributed by atoms with Gasteiger partial charge >= 0.3 is 35.8 Å². The van der Waals surface area contributed by atoms with E-state index in [1.165, 1.54) is 35.0 Å². The molecule has 0 spiro atoms. The summed E-state index contributed by atoms with van der Waals surface area (Å²) in [5.74, 6) is -3.30. The lowest BCUT2D eigenvalue weighted by atomic mass is 9.90. The molecular formula is C38H46O17. The zero-order valence-corrected chi connectivity index (χ0v) is 31.9. The normalized spacial score (nSPS) is 22.6. The number of rotatable bonds is 16. The van der Waals surface area contributed by atoms with E-state index in [1.54, 1.807) is 18.2 Å². The second-order valence-electron chi connectivity index (χ2n) is 12.7. The van der Waals surface area contributed by atoms with E-state index in [9.17, 15) is 28.8 Å². The monoisotopic (exact) mass is 774 g/mol. The first-order chi connectivity index (χ1) is 26.1. The van der Waals surface area contributed by atoms with Gasteiger partial charge in [0, 0.05) is 47.1 Å². The molecule has 0 aliphatic carbocycles. The summed E-state index contributed by atoms with van der Waals surface area (Å²) in [6.07, 6.45) is -6.67. The Hall–Kier alpha value is -5.42. The highest BCUT2D eigenvalue weighted by Crippen LogP contribution is 2.52. The summed E-state index contributed by atoms with van der Waals surface area (Å²) in [7, 11) is 2.92. The van der Waals surface area contributed by atoms with Gasteiger partial charge in [-0.15, -0.1) is 0 Å². The van der Waals surface area contributed by atoms with E-state index in [0.717, 1.165) is 26.3 Å². The zero-order valence-electron chi connectivity index (χ0n) is 31.9. The fourth-order valence-corrected chi connectivity index (χ4v) is 6.34. The van der Waals surface area contributed by atoms with Gasteiger partial charge in [0.1, 0.15) is 18.8 Å². The van der Waals surface area contributed by atoms with Gasteiger partial charge in [0.25, 0.3) is 0 Å². The van der Waals surface area contributed by atoms with E-state index in [4.69, 9.17) is 52.1 Å². The highest BCUT2D eigenvalue weighted by Gasteiger charge is 2.53. The molecule has 1 saturated heterocycles. The second-order valence-corrected chi connectivity index (χ2v) is 12.7. The van der Waals surface area contributed by atoms with Gasteiger partial charge in [0.05, 0.1) is 33.4 Å². The van der Waals surface area contributed by atoms with Crippen molar-refractivity contribution in [3.63, 3.8) is 0 Å². The molecule has 2 aromatic carbocycles. The molecule has 0 unspecified atom stereocenters. The van der Waals surface area contributed by atoms with Crippen molar-refractivity contribution in [2.45, 2.75) is 97.1 Å². The number of esters is 6. The van der Waals surface area contributed by atoms with Crippen LogP contribution in [0.1, 0.15) is 76.7 Å². The minimum atomic E-state index is -1.46. The lowest BCUT2D eigenvalue weighted by Crippen LogP contribution is -2.63. The van der Waals surface area contributed by atoms with Crippen molar-refractivity contribution in [3.8, 4) is 23.0 Å². The fourth-order valence-electron chi connectivity index (χ4n) is 6.34. The van der Waals surface area contributed by atoms with E-state index < -0.39 is 85.2 Å². The van der Waals surface area contributed by atoms with E-state index >= 15 is 0 Å². The lowest BCUT2D eigenvalue weighted by Gasteiger charge is -2.44. The number of hydrogen-bond donors (Lipinski definition) is 0. The van der Waals surface area contributed by atoms with Gasteiger partial charge in [-0.25, -0.2) is 0 Å². The van der Waals surface area contributed by atoms with Crippen LogP contribution in [0.2, 0.25) is 0 Å². The minimum absolute atomic E-state index is 0.181. The Morgan fingerprint density at radius 2 is 1.29 bits per heavy atom. The number of aryl methyl sites for hydroxylation is 1. The van der Waals surface area contributed by atoms with Gasteiger partial charge in [-0.1, -0.05) is 12.1 Å². The quantitative estimate of drug-likeness (QED) is 0.104. The molecular weight excluding hydrogens is 728 g/mol. The molecule has 0 bridgehead atoms. The molecule has 4 rings (SSSR count). The van der Waals surface area contributed by atoms with Crippen LogP contribution in [0.15, 0.2) is 30.3 Å². The fraction of sp³-hybridized carbons (Fsp3) is 0.526. The van der Waals surface area contributed by atoms with E-state index in [0.29, 0.717) is 35.5 Å². The zero-order chi connectivity index (χ0) is 40.4. The van der Waals surface area contributed by atoms with Gasteiger partial charge in [-0.3, -0.25) is 28.8 Å². The highest BCUT2D eigenvalue weighted by atomic mass is 16.7. The average molecular weight is 775 g/mol. The summed E-state index contributed by atoms with van der Waals surface area (Å²) in [5, 5.41) is 0. The average Bonchev–Trinajstić information content (AvgIpc) is 3.47. The Kier molecular flexibility index (Phi) is 14.8. The number of hydrogen-bond acceptors (Lipinski definition) is 17. The Balaban J connectivity index is 1.78. The Morgan fingerprint density at radius 3 is 1.89 bits per heavy atom. The molecule has 0 aromatic heterocycles. The first-order valence-electron chi connectivity index (χ1n) is 17.4. The van der Waals surface area contributed by atoms with Crippen LogP contribution in [-0.4, -0.2) is 101 Å². The van der Waals surface area contributed by atoms with Crippen LogP contribution >= 0.6 is 0 Å². The summed E-state index contributed by atoms with van der Waals surface area (Å²) in [6.45, 7) is 6.75. The van der Waals surface area contributed by atoms with E-state index in [2.05, 4.69) is 0 Å². The molecule has 0 saturated carbocycles. The maximum absolute atomic E-state index is 12.4. The molecule has 0 radical (unpaired) electrons. The SMILES string of the molecule is COc1cc([C@@H]2Oc3c(OC)cc(CCCOC(C)=O)cc3[C@H]2CO[C@@H]2O[C@H](COC(C)=O)[C@@H](OC(C)=O)[C@H](OC(C)=O)[C@H]2OC(C)=O)ccc1OC(C)=O. The molecule has 2 aliphatic rings. The van der Waals surface area contributed by atoms with Gasteiger partial charge in [0.2, 0.25) is 0 Å². The van der Waals surface area contributed by atoms with Crippen LogP contribution in [0.4, 0.5) is 0 Å². The van der Waals surface area contributed by atoms with Crippen LogP contribution in [0.25, 0.3) is 0 Å². The summed E-state index contributed by atoms with van der Waals surface area (Å²) in [6, 6.07) is 8.65. The molecule has 55 heavy (non-hydrogen) atoms. The molecule has 2 aliphatic heterocycles. The van der Waals surface area contributed by atoms with Crippen molar-refractivity contribution in [3.05, 3.63) is 47.0 Å². The van der Waals surface area contributed by atoms with Crippen molar-refractivity contribution < 1.29 is 80.9 Å². The summed E-state index contributed by atoms with van der Waals surface area (Å²) < 4.78 is 62.7. The van der Waals surface area contributed by atoms with Crippen LogP contribution in [0.3, 0.4) is 0 Å². The predicted octanol–water partition coefficient (Wildman–Crippen LogP) is 3.44. The summed E-state index contributed by atoms with van der Waals surface area (Å²) in [5.41, 5.74) is 2.10. The molecule has 300 valence electrons. The Labute approximate surface area is 317 Å². The summed E-state index contributed by atoms with van der Waals surface area (Å²) >= 11 is 0. The van der Waals surface area contributed by atoms with Gasteiger partial charge in [0.15, 0.2) is 47.6 Å². The third-order valence-electron chi connectivity index (χ3n) is 8.45. The number of carbonyl (C=O) groups is 6. The van der Waals surface area contributed by atoms with Gasteiger partial charge in [-0.2, -0.15) is 0 Å². The minimum Gasteiger partial charge on any atom is -0.493 e. The number of methoxy groups -OCH3 is 2. The number of benzene rings is 2. The second kappa shape index (κ2) is 19.3. The van der Waals surface area contributed by atoms with Crippen molar-refractivity contribution in [1.29, 1.82) is 0 Å². The molecule has 0 N–H and O–H groups in total. The van der Waals surface area contributed by atoms with Crippen LogP contribution < -0.4 is 18.9 Å². The Bertz CT molecular complexity index is 1740. The highest BCUT2D eigenvalue weighted by molar-refractivity contribution is 5.71. The van der Waals surface area contributed by atoms with Crippen LogP contribution in [0, 0.1) is 0 Å². The lowest BCUT2D eigenvalue weighted by molar-refractivity contribution is -0.309. The van der Waals surface area contributed by atoms with Gasteiger partial charge in [-0.05, 0) is 42.2 Å². The molecule has 1 fully saturated rings. The topological polar surface area (TPSA) is 204 Å². The largest absolute Gasteiger partial charge is 0.493 e. The van der Waals surface area contributed by atoms with Crippen LogP contribution in [-0.2, 0) is 68.3 Å². The van der Waals surface area contributed by atoms with E-state index in [-0.39, 0.29) is 24.7 Å². The molecule has 0 amide bonds. The first-order valence-corrected chi connectivity index (χ1v) is 17.4. The number of carbonyl (C=O) groups excluding carboxylic acids is 6. The maximum atomic E-state index is 12.4. The number of ether oxygens (including phenoxy) is 11. The van der Waals surface area contributed by atoms with E-state index in [1.807, 2.05) is 12.1 Å². The van der Waals surface area contributed by atoms with Crippen molar-refractivity contribution >= 4 is 35.8 Å². The van der Waals surface area contributed by atoms with Crippen molar-refractivity contribution in [1.82, 2.24) is 0 Å². The van der Waals surface area contributed by atoms with Crippen molar-refractivity contribution in [2.24, 2.45) is 0 Å². The molecule has 17 heteroatoms.